The monoisotopic (exact) mass is 514 g/mol. The number of ether oxygens (including phenoxy) is 2. The molecule has 0 bridgehead atoms. The molecule has 2 aliphatic heterocycles. The molecule has 33 heavy (non-hydrogen) atoms. The van der Waals surface area contributed by atoms with E-state index in [-0.39, 0.29) is 11.3 Å². The Morgan fingerprint density at radius 3 is 2.58 bits per heavy atom. The number of Topliss-reactive ketones (excluding diaryl/α,β-unsaturated/α-hetero) is 1. The first kappa shape index (κ1) is 23.5. The maximum Gasteiger partial charge on any atom is 0.295 e. The van der Waals surface area contributed by atoms with Gasteiger partial charge in [-0.15, -0.1) is 0 Å². The Morgan fingerprint density at radius 1 is 1.15 bits per heavy atom. The number of halogens is 1. The molecule has 2 saturated heterocycles. The molecular weight excluding hydrogens is 488 g/mol. The molecule has 2 aliphatic rings. The lowest BCUT2D eigenvalue weighted by Gasteiger charge is -2.31. The molecule has 7 nitrogen and oxygen atoms in total. The number of hydrogen-bond acceptors (Lipinski definition) is 6. The van der Waals surface area contributed by atoms with E-state index >= 15 is 0 Å². The molecule has 2 fully saturated rings. The second-order valence-electron chi connectivity index (χ2n) is 8.19. The van der Waals surface area contributed by atoms with Crippen LogP contribution in [0, 0.1) is 6.92 Å². The Labute approximate surface area is 201 Å². The van der Waals surface area contributed by atoms with Gasteiger partial charge in [0.05, 0.1) is 31.9 Å². The van der Waals surface area contributed by atoms with Gasteiger partial charge in [-0.25, -0.2) is 0 Å². The van der Waals surface area contributed by atoms with Crippen LogP contribution in [0.5, 0.6) is 5.75 Å². The lowest BCUT2D eigenvalue weighted by atomic mass is 9.95. The maximum atomic E-state index is 13.2. The highest BCUT2D eigenvalue weighted by Gasteiger charge is 2.46. The van der Waals surface area contributed by atoms with E-state index in [1.165, 1.54) is 0 Å². The number of aryl methyl sites for hydroxylation is 1. The fraction of sp³-hybridized carbons (Fsp3) is 0.360. The van der Waals surface area contributed by atoms with Crippen LogP contribution in [0.15, 0.2) is 52.5 Å². The molecule has 0 saturated carbocycles. The first-order valence-electron chi connectivity index (χ1n) is 10.9. The van der Waals surface area contributed by atoms with Crippen LogP contribution >= 0.6 is 15.9 Å². The quantitative estimate of drug-likeness (QED) is 0.361. The molecule has 1 amide bonds. The molecule has 1 N–H and O–H groups in total. The number of ketones is 1. The summed E-state index contributed by atoms with van der Waals surface area (Å²) in [7, 11) is 1.58. The topological polar surface area (TPSA) is 79.3 Å². The maximum absolute atomic E-state index is 13.2. The highest BCUT2D eigenvalue weighted by molar-refractivity contribution is 9.10. The van der Waals surface area contributed by atoms with Gasteiger partial charge in [0.2, 0.25) is 0 Å². The fourth-order valence-electron chi connectivity index (χ4n) is 4.39. The Bertz CT molecular complexity index is 1090. The molecule has 4 rings (SSSR count). The molecule has 2 aromatic rings. The first-order valence-corrected chi connectivity index (χ1v) is 11.7. The smallest absolute Gasteiger partial charge is 0.295 e. The van der Waals surface area contributed by atoms with Gasteiger partial charge in [0, 0.05) is 36.2 Å². The first-order chi connectivity index (χ1) is 15.9. The summed E-state index contributed by atoms with van der Waals surface area (Å²) in [6, 6.07) is 12.0. The number of likely N-dealkylation sites (tertiary alicyclic amines) is 1. The molecule has 174 valence electrons. The molecule has 0 radical (unpaired) electrons. The number of carbonyl (C=O) groups excluding carboxylic acids is 2. The van der Waals surface area contributed by atoms with Crippen molar-refractivity contribution in [2.75, 3.05) is 46.5 Å². The zero-order valence-corrected chi connectivity index (χ0v) is 20.3. The molecule has 2 aromatic carbocycles. The lowest BCUT2D eigenvalue weighted by Crippen LogP contribution is -2.42. The van der Waals surface area contributed by atoms with Crippen LogP contribution in [-0.2, 0) is 14.3 Å². The second kappa shape index (κ2) is 10.1. The van der Waals surface area contributed by atoms with E-state index in [1.54, 1.807) is 30.2 Å². The molecule has 0 aliphatic carbocycles. The number of rotatable bonds is 6. The van der Waals surface area contributed by atoms with Crippen molar-refractivity contribution < 1.29 is 24.2 Å². The second-order valence-corrected chi connectivity index (χ2v) is 9.10. The third-order valence-corrected chi connectivity index (χ3v) is 6.63. The van der Waals surface area contributed by atoms with Crippen LogP contribution < -0.4 is 4.74 Å². The molecular formula is C25H27BrN2O5. The van der Waals surface area contributed by atoms with E-state index in [0.29, 0.717) is 37.6 Å². The van der Waals surface area contributed by atoms with Gasteiger partial charge < -0.3 is 19.5 Å². The van der Waals surface area contributed by atoms with Gasteiger partial charge in [-0.05, 0) is 48.4 Å². The lowest BCUT2D eigenvalue weighted by molar-refractivity contribution is -0.140. The summed E-state index contributed by atoms with van der Waals surface area (Å²) in [6.07, 6.45) is 0. The van der Waals surface area contributed by atoms with Gasteiger partial charge in [-0.1, -0.05) is 28.1 Å². The molecule has 0 spiro atoms. The molecule has 0 aromatic heterocycles. The Kier molecular flexibility index (Phi) is 7.17. The standard InChI is InChI=1S/C25H27BrN2O5/c1-16-14-18(6-7-20(16)32-2)23(29)21-22(17-4-3-5-19(26)15-17)28(25(31)24(21)30)9-8-27-10-12-33-13-11-27/h3-7,14-15,22,29H,8-13H2,1-2H3/t22-/m0/s1. The third kappa shape index (κ3) is 4.83. The van der Waals surface area contributed by atoms with E-state index in [1.807, 2.05) is 31.2 Å². The van der Waals surface area contributed by atoms with E-state index in [0.717, 1.165) is 28.7 Å². The Morgan fingerprint density at radius 2 is 1.91 bits per heavy atom. The fourth-order valence-corrected chi connectivity index (χ4v) is 4.81. The van der Waals surface area contributed by atoms with Crippen LogP contribution in [0.25, 0.3) is 5.76 Å². The van der Waals surface area contributed by atoms with Crippen molar-refractivity contribution >= 4 is 33.4 Å². The minimum atomic E-state index is -0.675. The van der Waals surface area contributed by atoms with Crippen molar-refractivity contribution in [3.63, 3.8) is 0 Å². The predicted octanol–water partition coefficient (Wildman–Crippen LogP) is 3.52. The largest absolute Gasteiger partial charge is 0.507 e. The van der Waals surface area contributed by atoms with Crippen molar-refractivity contribution in [1.29, 1.82) is 0 Å². The van der Waals surface area contributed by atoms with E-state index < -0.39 is 17.7 Å². The van der Waals surface area contributed by atoms with Crippen molar-refractivity contribution in [1.82, 2.24) is 9.80 Å². The highest BCUT2D eigenvalue weighted by Crippen LogP contribution is 2.40. The number of methoxy groups -OCH3 is 1. The summed E-state index contributed by atoms with van der Waals surface area (Å²) in [4.78, 5) is 30.1. The normalized spacial score (nSPS) is 20.9. The van der Waals surface area contributed by atoms with Crippen LogP contribution in [0.2, 0.25) is 0 Å². The Hall–Kier alpha value is -2.68. The van der Waals surface area contributed by atoms with Crippen LogP contribution in [-0.4, -0.2) is 73.1 Å². The number of hydrogen-bond donors (Lipinski definition) is 1. The average Bonchev–Trinajstić information content (AvgIpc) is 3.07. The van der Waals surface area contributed by atoms with E-state index in [4.69, 9.17) is 9.47 Å². The summed E-state index contributed by atoms with van der Waals surface area (Å²) in [5.41, 5.74) is 2.16. The van der Waals surface area contributed by atoms with E-state index in [9.17, 15) is 14.7 Å². The van der Waals surface area contributed by atoms with Crippen LogP contribution in [0.4, 0.5) is 0 Å². The van der Waals surface area contributed by atoms with Gasteiger partial charge in [-0.2, -0.15) is 0 Å². The van der Waals surface area contributed by atoms with E-state index in [2.05, 4.69) is 20.8 Å². The zero-order chi connectivity index (χ0) is 23.5. The summed E-state index contributed by atoms with van der Waals surface area (Å²) in [5, 5.41) is 11.2. The number of benzene rings is 2. The highest BCUT2D eigenvalue weighted by atomic mass is 79.9. The molecule has 0 unspecified atom stereocenters. The summed E-state index contributed by atoms with van der Waals surface area (Å²) < 4.78 is 11.5. The zero-order valence-electron chi connectivity index (χ0n) is 18.7. The number of aliphatic hydroxyl groups excluding tert-OH is 1. The van der Waals surface area contributed by atoms with Gasteiger partial charge >= 0.3 is 0 Å². The van der Waals surface area contributed by atoms with Crippen LogP contribution in [0.3, 0.4) is 0 Å². The summed E-state index contributed by atoms with van der Waals surface area (Å²) >= 11 is 3.49. The van der Waals surface area contributed by atoms with Crippen molar-refractivity contribution in [2.24, 2.45) is 0 Å². The number of amides is 1. The minimum Gasteiger partial charge on any atom is -0.507 e. The Balaban J connectivity index is 1.75. The number of nitrogens with zero attached hydrogens (tertiary/aromatic N) is 2. The predicted molar refractivity (Wildman–Crippen MR) is 128 cm³/mol. The molecule has 8 heteroatoms. The van der Waals surface area contributed by atoms with Crippen molar-refractivity contribution in [3.05, 3.63) is 69.2 Å². The van der Waals surface area contributed by atoms with Gasteiger partial charge in [0.25, 0.3) is 11.7 Å². The summed E-state index contributed by atoms with van der Waals surface area (Å²) in [6.45, 7) is 5.76. The average molecular weight is 515 g/mol. The van der Waals surface area contributed by atoms with Gasteiger partial charge in [-0.3, -0.25) is 14.5 Å². The third-order valence-electron chi connectivity index (χ3n) is 6.13. The van der Waals surface area contributed by atoms with Crippen molar-refractivity contribution in [3.8, 4) is 5.75 Å². The van der Waals surface area contributed by atoms with Crippen molar-refractivity contribution in [2.45, 2.75) is 13.0 Å². The van der Waals surface area contributed by atoms with Gasteiger partial charge in [0.15, 0.2) is 0 Å². The minimum absolute atomic E-state index is 0.102. The number of aliphatic hydroxyl groups is 1. The summed E-state index contributed by atoms with van der Waals surface area (Å²) in [5.74, 6) is -0.771. The SMILES string of the molecule is COc1ccc(C(O)=C2C(=O)C(=O)N(CCN3CCOCC3)[C@H]2c2cccc(Br)c2)cc1C. The number of carbonyl (C=O) groups is 2. The van der Waals surface area contributed by atoms with Crippen LogP contribution in [0.1, 0.15) is 22.7 Å². The molecule has 1 atom stereocenters. The van der Waals surface area contributed by atoms with Gasteiger partial charge in [0.1, 0.15) is 11.5 Å². The number of morpholine rings is 1. The molecule has 2 heterocycles.